The predicted octanol–water partition coefficient (Wildman–Crippen LogP) is 3.72. The van der Waals surface area contributed by atoms with Crippen molar-refractivity contribution in [2.75, 3.05) is 13.1 Å². The molecular formula is C43H50N4O8. The number of fused-ring (bicyclic) bond motifs is 5. The Hall–Kier alpha value is -4.48. The number of rotatable bonds is 9. The summed E-state index contributed by atoms with van der Waals surface area (Å²) in [6.45, 7) is 4.97. The summed E-state index contributed by atoms with van der Waals surface area (Å²) in [5.41, 5.74) is 0.0256. The maximum atomic E-state index is 13.9. The summed E-state index contributed by atoms with van der Waals surface area (Å²) in [5, 5.41) is 0. The van der Waals surface area contributed by atoms with Crippen molar-refractivity contribution in [1.29, 1.82) is 0 Å². The van der Waals surface area contributed by atoms with E-state index in [0.717, 1.165) is 64.2 Å². The first kappa shape index (κ1) is 36.2. The van der Waals surface area contributed by atoms with Crippen LogP contribution in [0, 0.1) is 59.2 Å². The Morgan fingerprint density at radius 3 is 1.69 bits per heavy atom. The number of nitrogens with zero attached hydrogens (tertiary/aromatic N) is 4. The van der Waals surface area contributed by atoms with Crippen LogP contribution in [0.25, 0.3) is 0 Å². The summed E-state index contributed by atoms with van der Waals surface area (Å²) < 4.78 is 0. The van der Waals surface area contributed by atoms with E-state index >= 15 is 0 Å². The van der Waals surface area contributed by atoms with E-state index in [2.05, 4.69) is 13.8 Å². The molecule has 4 aliphatic heterocycles. The Kier molecular flexibility index (Phi) is 8.96. The predicted molar refractivity (Wildman–Crippen MR) is 196 cm³/mol. The van der Waals surface area contributed by atoms with Crippen molar-refractivity contribution in [1.82, 2.24) is 19.6 Å². The molecule has 0 saturated heterocycles. The van der Waals surface area contributed by atoms with Gasteiger partial charge in [-0.3, -0.25) is 58.0 Å². The largest absolute Gasteiger partial charge is 0.275 e. The van der Waals surface area contributed by atoms with Crippen molar-refractivity contribution in [2.45, 2.75) is 96.6 Å². The highest BCUT2D eigenvalue weighted by Gasteiger charge is 2.57. The first-order valence-electron chi connectivity index (χ1n) is 20.6. The average molecular weight is 751 g/mol. The monoisotopic (exact) mass is 750 g/mol. The van der Waals surface area contributed by atoms with Gasteiger partial charge in [0.1, 0.15) is 0 Å². The van der Waals surface area contributed by atoms with Gasteiger partial charge in [0.05, 0.1) is 11.1 Å². The molecule has 9 rings (SSSR count). The van der Waals surface area contributed by atoms with Crippen LogP contribution in [0.4, 0.5) is 0 Å². The molecule has 8 amide bonds. The molecule has 0 aromatic carbocycles. The van der Waals surface area contributed by atoms with Gasteiger partial charge in [-0.2, -0.15) is 0 Å². The summed E-state index contributed by atoms with van der Waals surface area (Å²) in [4.78, 5) is 109. The fourth-order valence-corrected chi connectivity index (χ4v) is 13.0. The third-order valence-electron chi connectivity index (χ3n) is 15.4. The molecule has 5 saturated carbocycles. The lowest BCUT2D eigenvalue weighted by molar-refractivity contribution is -0.143. The van der Waals surface area contributed by atoms with E-state index in [0.29, 0.717) is 48.5 Å². The second-order valence-corrected chi connectivity index (χ2v) is 18.4. The Bertz CT molecular complexity index is 1880. The van der Waals surface area contributed by atoms with Crippen LogP contribution in [0.1, 0.15) is 84.5 Å². The highest BCUT2D eigenvalue weighted by Crippen LogP contribution is 2.62. The number of carbonyl (C=O) groups is 8. The third kappa shape index (κ3) is 6.09. The average Bonchev–Trinajstić information content (AvgIpc) is 4.01. The minimum atomic E-state index is -0.508. The van der Waals surface area contributed by atoms with Gasteiger partial charge in [-0.25, -0.2) is 0 Å². The molecule has 55 heavy (non-hydrogen) atoms. The summed E-state index contributed by atoms with van der Waals surface area (Å²) in [6, 6.07) is -0.338. The van der Waals surface area contributed by atoms with Gasteiger partial charge in [-0.1, -0.05) is 13.8 Å². The number of amides is 8. The normalized spacial score (nSPS) is 39.9. The molecule has 290 valence electrons. The smallest absolute Gasteiger partial charge is 0.262 e. The Labute approximate surface area is 321 Å². The quantitative estimate of drug-likeness (QED) is 0.324. The van der Waals surface area contributed by atoms with Crippen molar-refractivity contribution in [3.8, 4) is 0 Å². The third-order valence-corrected chi connectivity index (χ3v) is 15.4. The molecule has 5 fully saturated rings. The minimum Gasteiger partial charge on any atom is -0.275 e. The second kappa shape index (κ2) is 13.6. The number of hydrogen-bond donors (Lipinski definition) is 0. The minimum absolute atomic E-state index is 0.0110. The molecule has 2 bridgehead atoms. The van der Waals surface area contributed by atoms with E-state index in [1.165, 1.54) is 56.1 Å². The molecule has 12 nitrogen and oxygen atoms in total. The van der Waals surface area contributed by atoms with E-state index in [1.54, 1.807) is 0 Å². The van der Waals surface area contributed by atoms with Gasteiger partial charge in [0.2, 0.25) is 0 Å². The fourth-order valence-electron chi connectivity index (χ4n) is 13.0. The van der Waals surface area contributed by atoms with Gasteiger partial charge in [0, 0.05) is 61.6 Å². The lowest BCUT2D eigenvalue weighted by Crippen LogP contribution is -2.48. The first-order valence-corrected chi connectivity index (χ1v) is 20.6. The zero-order valence-corrected chi connectivity index (χ0v) is 31.6. The van der Waals surface area contributed by atoms with Gasteiger partial charge < -0.3 is 0 Å². The molecule has 9 aliphatic rings. The summed E-state index contributed by atoms with van der Waals surface area (Å²) >= 11 is 0. The highest BCUT2D eigenvalue weighted by molar-refractivity contribution is 6.28. The molecule has 12 atom stereocenters. The zero-order valence-electron chi connectivity index (χ0n) is 31.6. The highest BCUT2D eigenvalue weighted by atomic mass is 16.2. The van der Waals surface area contributed by atoms with Crippen molar-refractivity contribution >= 4 is 47.3 Å². The maximum absolute atomic E-state index is 13.9. The molecule has 0 N–H and O–H groups in total. The zero-order chi connectivity index (χ0) is 38.4. The molecule has 5 aliphatic carbocycles. The molecule has 4 heterocycles. The van der Waals surface area contributed by atoms with Crippen molar-refractivity contribution < 1.29 is 38.4 Å². The Morgan fingerprint density at radius 2 is 1.05 bits per heavy atom. The van der Waals surface area contributed by atoms with E-state index < -0.39 is 23.6 Å². The fraction of sp³-hybridized carbons (Fsp3) is 0.628. The molecule has 0 aromatic rings. The SMILES string of the molecule is CC1CC(CC2CCC(N3C(=O)C=C(C4=CC(=O)N(CC5CC6C7CC(CN8C(=O)C=CC8=O)C(C7)C6C5)C4=O)C3=O)C(C)C2)CCC1N1C(=O)C=CC1=O. The van der Waals surface area contributed by atoms with E-state index in [9.17, 15) is 38.4 Å². The van der Waals surface area contributed by atoms with Crippen molar-refractivity contribution in [3.05, 3.63) is 47.6 Å². The standard InChI is InChI=1S/C43H50N4O8/c1-22-11-24(3-5-34(22)46-38(50)9-10-39(46)51)13-25-4-6-35(23(2)12-25)47-41(53)19-33(43(47)55)32-18-40(52)45(42(32)54)20-26-14-29-27-16-28(30(17-27)31(29)15-26)21-44-36(48)7-8-37(44)49/h7-10,18-19,22-31,34-35H,3-6,11-17,20-21H2,1-2H3. The molecule has 12 unspecified atom stereocenters. The van der Waals surface area contributed by atoms with Gasteiger partial charge in [-0.05, 0) is 130 Å². The Balaban J connectivity index is 0.770. The number of hydrogen-bond acceptors (Lipinski definition) is 8. The number of imide groups is 4. The molecule has 12 heteroatoms. The first-order chi connectivity index (χ1) is 26.4. The van der Waals surface area contributed by atoms with Crippen LogP contribution in [0.15, 0.2) is 47.6 Å². The van der Waals surface area contributed by atoms with E-state index in [1.807, 2.05) is 0 Å². The second-order valence-electron chi connectivity index (χ2n) is 18.4. The maximum Gasteiger partial charge on any atom is 0.262 e. The van der Waals surface area contributed by atoms with Gasteiger partial charge >= 0.3 is 0 Å². The van der Waals surface area contributed by atoms with Crippen LogP contribution < -0.4 is 0 Å². The lowest BCUT2D eigenvalue weighted by Gasteiger charge is -2.42. The van der Waals surface area contributed by atoms with Crippen molar-refractivity contribution in [3.63, 3.8) is 0 Å². The van der Waals surface area contributed by atoms with E-state index in [-0.39, 0.29) is 77.1 Å². The van der Waals surface area contributed by atoms with Gasteiger partial charge in [0.25, 0.3) is 47.3 Å². The molecule has 0 spiro atoms. The van der Waals surface area contributed by atoms with Crippen LogP contribution in [0.5, 0.6) is 0 Å². The summed E-state index contributed by atoms with van der Waals surface area (Å²) in [6.07, 6.45) is 18.0. The van der Waals surface area contributed by atoms with Crippen molar-refractivity contribution in [2.24, 2.45) is 59.2 Å². The van der Waals surface area contributed by atoms with Crippen LogP contribution in [0.2, 0.25) is 0 Å². The van der Waals surface area contributed by atoms with E-state index in [4.69, 9.17) is 0 Å². The van der Waals surface area contributed by atoms with Crippen LogP contribution in [-0.4, -0.2) is 92.0 Å². The number of carbonyl (C=O) groups excluding carboxylic acids is 8. The van der Waals surface area contributed by atoms with Gasteiger partial charge in [0.15, 0.2) is 0 Å². The summed E-state index contributed by atoms with van der Waals surface area (Å²) in [5.74, 6) is 0.846. The van der Waals surface area contributed by atoms with Gasteiger partial charge in [-0.15, -0.1) is 0 Å². The topological polar surface area (TPSA) is 150 Å². The Morgan fingerprint density at radius 1 is 0.491 bits per heavy atom. The molecular weight excluding hydrogens is 700 g/mol. The van der Waals surface area contributed by atoms with Crippen LogP contribution >= 0.6 is 0 Å². The summed E-state index contributed by atoms with van der Waals surface area (Å²) in [7, 11) is 0. The molecule has 0 aromatic heterocycles. The van der Waals surface area contributed by atoms with Crippen LogP contribution in [0.3, 0.4) is 0 Å². The lowest BCUT2D eigenvalue weighted by atomic mass is 9.70. The van der Waals surface area contributed by atoms with Crippen LogP contribution in [-0.2, 0) is 38.4 Å². The molecule has 0 radical (unpaired) electrons.